The number of aliphatic hydroxyl groups excluding tert-OH is 1. The Morgan fingerprint density at radius 2 is 2.27 bits per heavy atom. The average Bonchev–Trinajstić information content (AvgIpc) is 2.20. The van der Waals surface area contributed by atoms with Gasteiger partial charge in [-0.1, -0.05) is 32.9 Å². The molecule has 0 radical (unpaired) electrons. The van der Waals surface area contributed by atoms with Gasteiger partial charge in [0.15, 0.2) is 0 Å². The second-order valence-corrected chi connectivity index (χ2v) is 4.30. The maximum Gasteiger partial charge on any atom is 0.305 e. The first kappa shape index (κ1) is 11.8. The van der Waals surface area contributed by atoms with E-state index in [2.05, 4.69) is 0 Å². The summed E-state index contributed by atoms with van der Waals surface area (Å²) in [6.07, 6.45) is 5.82. The van der Waals surface area contributed by atoms with E-state index in [-0.39, 0.29) is 17.3 Å². The molecule has 1 N–H and O–H groups in total. The van der Waals surface area contributed by atoms with Gasteiger partial charge >= 0.3 is 5.97 Å². The van der Waals surface area contributed by atoms with Crippen LogP contribution < -0.4 is 0 Å². The molecule has 0 fully saturated rings. The third-order valence-electron chi connectivity index (χ3n) is 2.90. The molecule has 15 heavy (non-hydrogen) atoms. The summed E-state index contributed by atoms with van der Waals surface area (Å²) in [4.78, 5) is 11.0. The zero-order valence-corrected chi connectivity index (χ0v) is 9.49. The number of ether oxygens (including phenoxy) is 1. The molecular weight excluding hydrogens is 192 g/mol. The molecule has 1 aliphatic rings. The van der Waals surface area contributed by atoms with E-state index in [1.807, 2.05) is 19.9 Å². The summed E-state index contributed by atoms with van der Waals surface area (Å²) in [5, 5.41) is 9.70. The number of aliphatic hydroxyl groups is 1. The number of rotatable bonds is 3. The fourth-order valence-corrected chi connectivity index (χ4v) is 1.47. The molecule has 0 spiro atoms. The van der Waals surface area contributed by atoms with Gasteiger partial charge in [0, 0.05) is 17.8 Å². The molecule has 0 aromatic carbocycles. The largest absolute Gasteiger partial charge is 0.512 e. The summed E-state index contributed by atoms with van der Waals surface area (Å²) in [6, 6.07) is 0. The van der Waals surface area contributed by atoms with Crippen LogP contribution in [-0.2, 0) is 9.53 Å². The SMILES string of the molecule is CCC(=O)OCC1C=CC=C(O)C1(C)C. The number of allylic oxidation sites excluding steroid dienone is 3. The van der Waals surface area contributed by atoms with Crippen molar-refractivity contribution in [2.45, 2.75) is 27.2 Å². The predicted molar refractivity (Wildman–Crippen MR) is 58.4 cm³/mol. The van der Waals surface area contributed by atoms with Crippen LogP contribution in [0.1, 0.15) is 27.2 Å². The smallest absolute Gasteiger partial charge is 0.305 e. The van der Waals surface area contributed by atoms with Crippen LogP contribution in [0.3, 0.4) is 0 Å². The first-order valence-electron chi connectivity index (χ1n) is 5.22. The van der Waals surface area contributed by atoms with Crippen molar-refractivity contribution in [2.24, 2.45) is 11.3 Å². The van der Waals surface area contributed by atoms with Crippen molar-refractivity contribution >= 4 is 5.97 Å². The Bertz CT molecular complexity index is 300. The zero-order chi connectivity index (χ0) is 11.5. The van der Waals surface area contributed by atoms with E-state index in [1.165, 1.54) is 0 Å². The molecule has 1 rings (SSSR count). The van der Waals surface area contributed by atoms with Crippen LogP contribution in [0.5, 0.6) is 0 Å². The van der Waals surface area contributed by atoms with E-state index < -0.39 is 0 Å². The molecule has 0 saturated heterocycles. The summed E-state index contributed by atoms with van der Waals surface area (Å²) in [5.41, 5.74) is -0.358. The summed E-state index contributed by atoms with van der Waals surface area (Å²) in [7, 11) is 0. The lowest BCUT2D eigenvalue weighted by atomic mass is 9.75. The quantitative estimate of drug-likeness (QED) is 0.728. The Morgan fingerprint density at radius 1 is 1.60 bits per heavy atom. The van der Waals surface area contributed by atoms with E-state index in [9.17, 15) is 9.90 Å². The van der Waals surface area contributed by atoms with Gasteiger partial charge < -0.3 is 9.84 Å². The number of hydrogen-bond donors (Lipinski definition) is 1. The highest BCUT2D eigenvalue weighted by Crippen LogP contribution is 2.37. The van der Waals surface area contributed by atoms with Crippen LogP contribution in [0.4, 0.5) is 0 Å². The minimum atomic E-state index is -0.358. The second-order valence-electron chi connectivity index (χ2n) is 4.30. The molecule has 3 nitrogen and oxygen atoms in total. The van der Waals surface area contributed by atoms with E-state index in [4.69, 9.17) is 4.74 Å². The van der Waals surface area contributed by atoms with Gasteiger partial charge in [-0.2, -0.15) is 0 Å². The van der Waals surface area contributed by atoms with Gasteiger partial charge in [-0.3, -0.25) is 4.79 Å². The Hall–Kier alpha value is -1.25. The zero-order valence-electron chi connectivity index (χ0n) is 9.49. The van der Waals surface area contributed by atoms with Crippen molar-refractivity contribution in [3.05, 3.63) is 24.0 Å². The Balaban J connectivity index is 2.60. The lowest BCUT2D eigenvalue weighted by Gasteiger charge is -2.33. The lowest BCUT2D eigenvalue weighted by Crippen LogP contribution is -2.31. The number of carbonyl (C=O) groups excluding carboxylic acids is 1. The average molecular weight is 210 g/mol. The molecule has 0 aliphatic heterocycles. The van der Waals surface area contributed by atoms with Gasteiger partial charge in [-0.25, -0.2) is 0 Å². The number of hydrogen-bond acceptors (Lipinski definition) is 3. The standard InChI is InChI=1S/C12H18O3/c1-4-11(14)15-8-9-6-5-7-10(13)12(9,2)3/h5-7,9,13H,4,8H2,1-3H3. The normalized spacial score (nSPS) is 23.4. The molecule has 1 aliphatic carbocycles. The Labute approximate surface area is 90.4 Å². The molecule has 1 atom stereocenters. The van der Waals surface area contributed by atoms with Gasteiger partial charge in [0.2, 0.25) is 0 Å². The molecule has 3 heteroatoms. The monoisotopic (exact) mass is 210 g/mol. The lowest BCUT2D eigenvalue weighted by molar-refractivity contribution is -0.145. The highest BCUT2D eigenvalue weighted by Gasteiger charge is 2.34. The van der Waals surface area contributed by atoms with Crippen LogP contribution in [0.25, 0.3) is 0 Å². The third kappa shape index (κ3) is 2.61. The minimum Gasteiger partial charge on any atom is -0.512 e. The highest BCUT2D eigenvalue weighted by atomic mass is 16.5. The van der Waals surface area contributed by atoms with Gasteiger partial charge in [-0.05, 0) is 6.08 Å². The molecule has 0 bridgehead atoms. The van der Waals surface area contributed by atoms with Crippen LogP contribution >= 0.6 is 0 Å². The van der Waals surface area contributed by atoms with Gasteiger partial charge in [0.05, 0.1) is 12.4 Å². The third-order valence-corrected chi connectivity index (χ3v) is 2.90. The maximum absolute atomic E-state index is 11.0. The van der Waals surface area contributed by atoms with Crippen molar-refractivity contribution in [3.8, 4) is 0 Å². The second kappa shape index (κ2) is 4.51. The maximum atomic E-state index is 11.0. The molecule has 0 saturated carbocycles. The van der Waals surface area contributed by atoms with Gasteiger partial charge in [0.25, 0.3) is 0 Å². The fraction of sp³-hybridized carbons (Fsp3) is 0.583. The molecule has 0 heterocycles. The Kier molecular flexibility index (Phi) is 3.56. The van der Waals surface area contributed by atoms with E-state index in [0.29, 0.717) is 18.8 Å². The first-order chi connectivity index (χ1) is 6.98. The summed E-state index contributed by atoms with van der Waals surface area (Å²) < 4.78 is 5.09. The molecule has 0 amide bonds. The summed E-state index contributed by atoms with van der Waals surface area (Å²) in [6.45, 7) is 5.97. The number of carbonyl (C=O) groups is 1. The number of esters is 1. The van der Waals surface area contributed by atoms with Gasteiger partial charge in [0.1, 0.15) is 0 Å². The molecular formula is C12H18O3. The van der Waals surface area contributed by atoms with Crippen molar-refractivity contribution in [3.63, 3.8) is 0 Å². The Morgan fingerprint density at radius 3 is 2.87 bits per heavy atom. The molecule has 0 aromatic heterocycles. The fourth-order valence-electron chi connectivity index (χ4n) is 1.47. The summed E-state index contributed by atoms with van der Waals surface area (Å²) in [5.74, 6) is 0.175. The van der Waals surface area contributed by atoms with E-state index >= 15 is 0 Å². The van der Waals surface area contributed by atoms with E-state index in [1.54, 1.807) is 19.1 Å². The molecule has 1 unspecified atom stereocenters. The topological polar surface area (TPSA) is 46.5 Å². The van der Waals surface area contributed by atoms with Crippen LogP contribution in [0.2, 0.25) is 0 Å². The first-order valence-corrected chi connectivity index (χ1v) is 5.22. The molecule has 0 aromatic rings. The van der Waals surface area contributed by atoms with Crippen molar-refractivity contribution < 1.29 is 14.6 Å². The summed E-state index contributed by atoms with van der Waals surface area (Å²) >= 11 is 0. The highest BCUT2D eigenvalue weighted by molar-refractivity contribution is 5.68. The minimum absolute atomic E-state index is 0.0398. The van der Waals surface area contributed by atoms with E-state index in [0.717, 1.165) is 0 Å². The van der Waals surface area contributed by atoms with Crippen LogP contribution in [0.15, 0.2) is 24.0 Å². The predicted octanol–water partition coefficient (Wildman–Crippen LogP) is 2.59. The molecule has 84 valence electrons. The van der Waals surface area contributed by atoms with Crippen LogP contribution in [-0.4, -0.2) is 17.7 Å². The van der Waals surface area contributed by atoms with Crippen molar-refractivity contribution in [1.29, 1.82) is 0 Å². The van der Waals surface area contributed by atoms with Crippen molar-refractivity contribution in [1.82, 2.24) is 0 Å². The van der Waals surface area contributed by atoms with Crippen molar-refractivity contribution in [2.75, 3.05) is 6.61 Å². The van der Waals surface area contributed by atoms with Crippen LogP contribution in [0, 0.1) is 11.3 Å². The van der Waals surface area contributed by atoms with Gasteiger partial charge in [-0.15, -0.1) is 0 Å².